The number of carboxylic acid groups (broad SMARTS) is 1. The van der Waals surface area contributed by atoms with Crippen LogP contribution in [0.15, 0.2) is 48.5 Å². The maximum absolute atomic E-state index is 14.4. The summed E-state index contributed by atoms with van der Waals surface area (Å²) in [6.07, 6.45) is -6.26. The summed E-state index contributed by atoms with van der Waals surface area (Å²) in [4.78, 5) is 14.9. The second kappa shape index (κ2) is 10.3. The number of carbonyl (C=O) groups is 1. The van der Waals surface area contributed by atoms with E-state index in [9.17, 15) is 31.9 Å². The summed E-state index contributed by atoms with van der Waals surface area (Å²) in [6, 6.07) is 9.59. The number of alkyl halides is 3. The summed E-state index contributed by atoms with van der Waals surface area (Å²) >= 11 is 0. The number of pyridine rings is 1. The summed E-state index contributed by atoms with van der Waals surface area (Å²) in [5, 5.41) is 9.24. The first-order valence-corrected chi connectivity index (χ1v) is 10.3. The van der Waals surface area contributed by atoms with Crippen LogP contribution in [0.2, 0.25) is 0 Å². The lowest BCUT2D eigenvalue weighted by atomic mass is 10.0. The fourth-order valence-electron chi connectivity index (χ4n) is 3.16. The van der Waals surface area contributed by atoms with E-state index < -0.39 is 58.9 Å². The molecule has 3 aromatic rings. The minimum absolute atomic E-state index is 0.106. The van der Waals surface area contributed by atoms with Crippen LogP contribution in [0, 0.1) is 17.6 Å². The molecule has 3 rings (SSSR count). The molecule has 0 fully saturated rings. The van der Waals surface area contributed by atoms with Crippen molar-refractivity contribution in [2.24, 2.45) is 11.7 Å². The van der Waals surface area contributed by atoms with Crippen molar-refractivity contribution in [3.8, 4) is 28.6 Å². The molecule has 3 N–H and O–H groups in total. The molecule has 2 aromatic carbocycles. The van der Waals surface area contributed by atoms with Gasteiger partial charge in [0.1, 0.15) is 5.75 Å². The van der Waals surface area contributed by atoms with Gasteiger partial charge >= 0.3 is 12.1 Å². The number of ether oxygens (including phenoxy) is 2. The molecular formula is C24H21F5N2O4. The summed E-state index contributed by atoms with van der Waals surface area (Å²) in [5.41, 5.74) is 5.72. The molecule has 0 aliphatic rings. The molecule has 11 heteroatoms. The molecule has 0 bridgehead atoms. The van der Waals surface area contributed by atoms with Crippen LogP contribution in [-0.2, 0) is 17.5 Å². The quantitative estimate of drug-likeness (QED) is 0.384. The highest BCUT2D eigenvalue weighted by Gasteiger charge is 2.32. The van der Waals surface area contributed by atoms with Gasteiger partial charge < -0.3 is 20.3 Å². The molecule has 0 saturated heterocycles. The molecule has 0 amide bonds. The third kappa shape index (κ3) is 6.24. The Labute approximate surface area is 197 Å². The van der Waals surface area contributed by atoms with Gasteiger partial charge in [-0.05, 0) is 41.0 Å². The van der Waals surface area contributed by atoms with Gasteiger partial charge in [-0.3, -0.25) is 0 Å². The van der Waals surface area contributed by atoms with Crippen LogP contribution in [0.25, 0.3) is 11.1 Å². The Balaban J connectivity index is 2.05. The largest absolute Gasteiger partial charge is 0.478 e. The number of aliphatic carboxylic acids is 1. The highest BCUT2D eigenvalue weighted by molar-refractivity contribution is 5.73. The molecule has 186 valence electrons. The number of hydrogen-bond donors (Lipinski definition) is 2. The van der Waals surface area contributed by atoms with Gasteiger partial charge in [-0.25, -0.2) is 13.6 Å². The molecule has 35 heavy (non-hydrogen) atoms. The fraction of sp³-hybridized carbons (Fsp3) is 0.250. The van der Waals surface area contributed by atoms with Crippen molar-refractivity contribution in [1.82, 2.24) is 4.98 Å². The Bertz CT molecular complexity index is 1230. The number of halogens is 5. The summed E-state index contributed by atoms with van der Waals surface area (Å²) in [5.74, 6) is -6.83. The van der Waals surface area contributed by atoms with Crippen molar-refractivity contribution in [3.05, 3.63) is 71.3 Å². The molecule has 0 unspecified atom stereocenters. The maximum atomic E-state index is 14.4. The Hall–Kier alpha value is -3.73. The molecule has 1 atom stereocenters. The third-order valence-corrected chi connectivity index (χ3v) is 4.90. The number of nitrogens with two attached hydrogens (primary N) is 1. The van der Waals surface area contributed by atoms with Crippen molar-refractivity contribution in [2.45, 2.75) is 32.7 Å². The molecule has 0 spiro atoms. The van der Waals surface area contributed by atoms with E-state index >= 15 is 0 Å². The van der Waals surface area contributed by atoms with Crippen molar-refractivity contribution in [1.29, 1.82) is 0 Å². The SMILES string of the molecule is CC(C)[C@@H](Oc1nc(Oc2cc(-c3cccc(CN)c3)cc(C(F)(F)F)c2)c(F)cc1F)C(=O)O. The number of carboxylic acids is 1. The Kier molecular flexibility index (Phi) is 7.59. The fourth-order valence-corrected chi connectivity index (χ4v) is 3.16. The average molecular weight is 496 g/mol. The van der Waals surface area contributed by atoms with E-state index in [1.165, 1.54) is 19.9 Å². The molecule has 1 heterocycles. The first kappa shape index (κ1) is 25.9. The number of aromatic nitrogens is 1. The second-order valence-electron chi connectivity index (χ2n) is 7.93. The highest BCUT2D eigenvalue weighted by Crippen LogP contribution is 2.38. The van der Waals surface area contributed by atoms with Gasteiger partial charge in [-0.15, -0.1) is 0 Å². The molecular weight excluding hydrogens is 475 g/mol. The topological polar surface area (TPSA) is 94.7 Å². The van der Waals surface area contributed by atoms with Crippen molar-refractivity contribution >= 4 is 5.97 Å². The number of benzene rings is 2. The zero-order chi connectivity index (χ0) is 25.9. The van der Waals surface area contributed by atoms with Gasteiger partial charge in [0.15, 0.2) is 17.7 Å². The van der Waals surface area contributed by atoms with Crippen LogP contribution in [0.4, 0.5) is 22.0 Å². The van der Waals surface area contributed by atoms with E-state index in [-0.39, 0.29) is 12.1 Å². The van der Waals surface area contributed by atoms with Gasteiger partial charge in [-0.1, -0.05) is 32.0 Å². The Morgan fingerprint density at radius 2 is 1.71 bits per heavy atom. The highest BCUT2D eigenvalue weighted by atomic mass is 19.4. The average Bonchev–Trinajstić information content (AvgIpc) is 2.78. The standard InChI is InChI=1S/C24H21F5N2O4/c1-12(2)20(23(32)33)35-22-19(26)10-18(25)21(31-22)34-17-8-15(7-16(9-17)24(27,28)29)14-5-3-4-13(6-14)11-30/h3-10,12,20H,11,30H2,1-2H3,(H,32,33)/t20-/m1/s1. The minimum atomic E-state index is -4.76. The van der Waals surface area contributed by atoms with E-state index in [0.717, 1.165) is 6.07 Å². The van der Waals surface area contributed by atoms with E-state index in [1.807, 2.05) is 0 Å². The van der Waals surface area contributed by atoms with Gasteiger partial charge in [0.2, 0.25) is 0 Å². The van der Waals surface area contributed by atoms with E-state index in [0.29, 0.717) is 23.3 Å². The van der Waals surface area contributed by atoms with Crippen LogP contribution in [0.5, 0.6) is 17.5 Å². The van der Waals surface area contributed by atoms with E-state index in [4.69, 9.17) is 15.2 Å². The predicted octanol–water partition coefficient (Wildman–Crippen LogP) is 5.78. The van der Waals surface area contributed by atoms with Crippen LogP contribution >= 0.6 is 0 Å². The van der Waals surface area contributed by atoms with Crippen molar-refractivity contribution in [2.75, 3.05) is 0 Å². The number of nitrogens with zero attached hydrogens (tertiary/aromatic N) is 1. The first-order valence-electron chi connectivity index (χ1n) is 10.3. The van der Waals surface area contributed by atoms with Crippen LogP contribution < -0.4 is 15.2 Å². The molecule has 0 radical (unpaired) electrons. The molecule has 0 aliphatic heterocycles. The van der Waals surface area contributed by atoms with Gasteiger partial charge in [0.05, 0.1) is 5.56 Å². The lowest BCUT2D eigenvalue weighted by Crippen LogP contribution is -2.32. The van der Waals surface area contributed by atoms with Crippen molar-refractivity contribution in [3.63, 3.8) is 0 Å². The summed E-state index contributed by atoms with van der Waals surface area (Å²) in [6.45, 7) is 3.17. The molecule has 1 aromatic heterocycles. The van der Waals surface area contributed by atoms with Crippen LogP contribution in [0.3, 0.4) is 0 Å². The van der Waals surface area contributed by atoms with Crippen molar-refractivity contribution < 1.29 is 41.3 Å². The zero-order valence-electron chi connectivity index (χ0n) is 18.6. The monoisotopic (exact) mass is 496 g/mol. The van der Waals surface area contributed by atoms with Crippen LogP contribution in [0.1, 0.15) is 25.0 Å². The molecule has 0 saturated carbocycles. The van der Waals surface area contributed by atoms with Gasteiger partial charge in [-0.2, -0.15) is 18.2 Å². The third-order valence-electron chi connectivity index (χ3n) is 4.90. The van der Waals surface area contributed by atoms with Gasteiger partial charge in [0.25, 0.3) is 11.8 Å². The lowest BCUT2D eigenvalue weighted by molar-refractivity contribution is -0.147. The number of rotatable bonds is 8. The zero-order valence-corrected chi connectivity index (χ0v) is 18.6. The van der Waals surface area contributed by atoms with Gasteiger partial charge in [0, 0.05) is 18.5 Å². The lowest BCUT2D eigenvalue weighted by Gasteiger charge is -2.18. The Morgan fingerprint density at radius 1 is 1.03 bits per heavy atom. The number of hydrogen-bond acceptors (Lipinski definition) is 5. The maximum Gasteiger partial charge on any atom is 0.416 e. The first-order chi connectivity index (χ1) is 16.4. The summed E-state index contributed by atoms with van der Waals surface area (Å²) < 4.78 is 79.6. The summed E-state index contributed by atoms with van der Waals surface area (Å²) in [7, 11) is 0. The predicted molar refractivity (Wildman–Crippen MR) is 116 cm³/mol. The molecule has 0 aliphatic carbocycles. The smallest absolute Gasteiger partial charge is 0.416 e. The van der Waals surface area contributed by atoms with Crippen LogP contribution in [-0.4, -0.2) is 22.2 Å². The second-order valence-corrected chi connectivity index (χ2v) is 7.93. The Morgan fingerprint density at radius 3 is 2.31 bits per heavy atom. The normalized spacial score (nSPS) is 12.5. The van der Waals surface area contributed by atoms with E-state index in [2.05, 4.69) is 4.98 Å². The van der Waals surface area contributed by atoms with E-state index in [1.54, 1.807) is 24.3 Å². The minimum Gasteiger partial charge on any atom is -0.478 e. The molecule has 6 nitrogen and oxygen atoms in total.